The maximum absolute atomic E-state index is 13.8. The van der Waals surface area contributed by atoms with Crippen molar-refractivity contribution in [3.05, 3.63) is 77.9 Å². The number of ether oxygens (including phenoxy) is 3. The van der Waals surface area contributed by atoms with Gasteiger partial charge in [0.25, 0.3) is 15.9 Å². The molecule has 5 rings (SSSR count). The van der Waals surface area contributed by atoms with E-state index in [1.165, 1.54) is 23.5 Å². The molecule has 39 heavy (non-hydrogen) atoms. The first-order chi connectivity index (χ1) is 18.7. The third kappa shape index (κ3) is 5.03. The summed E-state index contributed by atoms with van der Waals surface area (Å²) in [4.78, 5) is 13.8. The largest absolute Gasteiger partial charge is 0.497 e. The summed E-state index contributed by atoms with van der Waals surface area (Å²) in [5.74, 6) is 1.28. The molecule has 0 saturated carbocycles. The Hall–Kier alpha value is -3.72. The fourth-order valence-corrected chi connectivity index (χ4v) is 6.77. The molecule has 0 unspecified atom stereocenters. The number of nitrogens with zero attached hydrogens (tertiary/aromatic N) is 1. The van der Waals surface area contributed by atoms with Gasteiger partial charge >= 0.3 is 0 Å². The van der Waals surface area contributed by atoms with Gasteiger partial charge in [0.05, 0.1) is 30.3 Å². The summed E-state index contributed by atoms with van der Waals surface area (Å²) < 4.78 is 46.6. The molecule has 0 aromatic heterocycles. The fraction of sp³-hybridized carbons (Fsp3) is 0.367. The number of sulfonamides is 1. The molecule has 0 spiro atoms. The van der Waals surface area contributed by atoms with Crippen LogP contribution in [0.1, 0.15) is 50.3 Å². The standard InChI is InChI=1S/C30H34N2O6S/c1-5-30(6-2)18-24(23-9-7-8-10-26(23)38-30)31-29(33)28-19-32(25-16-11-20(3)17-27(25)37-28)39(34,35)22-14-12-21(36-4)13-15-22/h7-17,24,28H,5-6,18-19H2,1-4H3,(H,31,33)/t24-,28-/m1/s1. The van der Waals surface area contributed by atoms with Gasteiger partial charge in [-0.25, -0.2) is 8.42 Å². The first-order valence-electron chi connectivity index (χ1n) is 13.2. The predicted molar refractivity (Wildman–Crippen MR) is 149 cm³/mol. The lowest BCUT2D eigenvalue weighted by molar-refractivity contribution is -0.129. The minimum atomic E-state index is -3.99. The highest BCUT2D eigenvalue weighted by Crippen LogP contribution is 2.43. The molecule has 0 saturated heterocycles. The summed E-state index contributed by atoms with van der Waals surface area (Å²) >= 11 is 0. The topological polar surface area (TPSA) is 94.2 Å². The summed E-state index contributed by atoms with van der Waals surface area (Å²) in [7, 11) is -2.47. The second-order valence-corrected chi connectivity index (χ2v) is 11.9. The molecule has 206 valence electrons. The molecule has 0 fully saturated rings. The SMILES string of the molecule is CCC1(CC)C[C@@H](NC(=O)[C@H]2CN(S(=O)(=O)c3ccc(OC)cc3)c3ccc(C)cc3O2)c2ccccc2O1. The number of amides is 1. The highest BCUT2D eigenvalue weighted by Gasteiger charge is 2.42. The van der Waals surface area contributed by atoms with E-state index >= 15 is 0 Å². The average Bonchev–Trinajstić information content (AvgIpc) is 2.96. The zero-order chi connectivity index (χ0) is 27.8. The zero-order valence-corrected chi connectivity index (χ0v) is 23.5. The Labute approximate surface area is 229 Å². The number of carbonyl (C=O) groups is 1. The number of fused-ring (bicyclic) bond motifs is 2. The molecule has 2 heterocycles. The molecular weight excluding hydrogens is 516 g/mol. The van der Waals surface area contributed by atoms with Gasteiger partial charge in [0, 0.05) is 12.0 Å². The Kier molecular flexibility index (Phi) is 7.20. The van der Waals surface area contributed by atoms with Gasteiger partial charge in [0.15, 0.2) is 6.10 Å². The summed E-state index contributed by atoms with van der Waals surface area (Å²) in [5, 5.41) is 3.16. The number of rotatable bonds is 7. The van der Waals surface area contributed by atoms with Crippen LogP contribution in [0.15, 0.2) is 71.6 Å². The van der Waals surface area contributed by atoms with Gasteiger partial charge in [-0.2, -0.15) is 0 Å². The van der Waals surface area contributed by atoms with Crippen molar-refractivity contribution in [3.8, 4) is 17.2 Å². The third-order valence-electron chi connectivity index (χ3n) is 7.73. The molecule has 2 aliphatic heterocycles. The van der Waals surface area contributed by atoms with Crippen molar-refractivity contribution in [1.82, 2.24) is 5.32 Å². The number of methoxy groups -OCH3 is 1. The Morgan fingerprint density at radius 3 is 2.46 bits per heavy atom. The Morgan fingerprint density at radius 1 is 1.05 bits per heavy atom. The first-order valence-corrected chi connectivity index (χ1v) is 14.7. The lowest BCUT2D eigenvalue weighted by Gasteiger charge is -2.42. The number of benzene rings is 3. The summed E-state index contributed by atoms with van der Waals surface area (Å²) in [6.07, 6.45) is 1.16. The molecule has 9 heteroatoms. The number of aryl methyl sites for hydroxylation is 1. The van der Waals surface area contributed by atoms with Gasteiger partial charge in [0.2, 0.25) is 0 Å². The molecule has 3 aromatic rings. The third-order valence-corrected chi connectivity index (χ3v) is 9.52. The molecule has 2 atom stereocenters. The minimum absolute atomic E-state index is 0.102. The summed E-state index contributed by atoms with van der Waals surface area (Å²) in [5.41, 5.74) is 1.80. The number of anilines is 1. The van der Waals surface area contributed by atoms with Crippen molar-refractivity contribution in [3.63, 3.8) is 0 Å². The summed E-state index contributed by atoms with van der Waals surface area (Å²) in [6.45, 7) is 5.90. The average molecular weight is 551 g/mol. The van der Waals surface area contributed by atoms with Crippen LogP contribution in [0.3, 0.4) is 0 Å². The van der Waals surface area contributed by atoms with Gasteiger partial charge in [-0.15, -0.1) is 0 Å². The van der Waals surface area contributed by atoms with Crippen LogP contribution >= 0.6 is 0 Å². The normalized spacial score (nSPS) is 19.6. The van der Waals surface area contributed by atoms with E-state index in [2.05, 4.69) is 19.2 Å². The lowest BCUT2D eigenvalue weighted by atomic mass is 9.83. The highest BCUT2D eigenvalue weighted by molar-refractivity contribution is 7.92. The Morgan fingerprint density at radius 2 is 1.77 bits per heavy atom. The van der Waals surface area contributed by atoms with E-state index in [1.54, 1.807) is 24.3 Å². The molecule has 0 aliphatic carbocycles. The maximum Gasteiger partial charge on any atom is 0.264 e. The second kappa shape index (κ2) is 10.4. The number of hydrogen-bond acceptors (Lipinski definition) is 6. The fourth-order valence-electron chi connectivity index (χ4n) is 5.29. The monoisotopic (exact) mass is 550 g/mol. The number of para-hydroxylation sites is 1. The molecule has 0 bridgehead atoms. The van der Waals surface area contributed by atoms with Crippen LogP contribution < -0.4 is 23.8 Å². The molecule has 1 amide bonds. The van der Waals surface area contributed by atoms with Gasteiger partial charge in [-0.1, -0.05) is 38.1 Å². The van der Waals surface area contributed by atoms with E-state index in [1.807, 2.05) is 37.3 Å². The highest BCUT2D eigenvalue weighted by atomic mass is 32.2. The lowest BCUT2D eigenvalue weighted by Crippen LogP contribution is -2.52. The number of carbonyl (C=O) groups excluding carboxylic acids is 1. The molecule has 3 aromatic carbocycles. The number of nitrogens with one attached hydrogen (secondary N) is 1. The van der Waals surface area contributed by atoms with Crippen LogP contribution in [0.4, 0.5) is 5.69 Å². The van der Waals surface area contributed by atoms with Crippen molar-refractivity contribution in [2.45, 2.75) is 62.7 Å². The van der Waals surface area contributed by atoms with Crippen molar-refractivity contribution < 1.29 is 27.4 Å². The molecule has 0 radical (unpaired) electrons. The van der Waals surface area contributed by atoms with E-state index in [9.17, 15) is 13.2 Å². The van der Waals surface area contributed by atoms with Gasteiger partial charge in [-0.3, -0.25) is 9.10 Å². The predicted octanol–water partition coefficient (Wildman–Crippen LogP) is 5.16. The Bertz CT molecular complexity index is 1470. The van der Waals surface area contributed by atoms with Crippen molar-refractivity contribution in [2.75, 3.05) is 18.0 Å². The summed E-state index contributed by atoms with van der Waals surface area (Å²) in [6, 6.07) is 18.9. The van der Waals surface area contributed by atoms with E-state index < -0.39 is 21.7 Å². The van der Waals surface area contributed by atoms with E-state index in [-0.39, 0.29) is 23.4 Å². The van der Waals surface area contributed by atoms with E-state index in [0.29, 0.717) is 23.6 Å². The van der Waals surface area contributed by atoms with Crippen LogP contribution in [0.2, 0.25) is 0 Å². The zero-order valence-electron chi connectivity index (χ0n) is 22.6. The molecular formula is C30H34N2O6S. The maximum atomic E-state index is 13.8. The minimum Gasteiger partial charge on any atom is -0.497 e. The molecule has 2 aliphatic rings. The quantitative estimate of drug-likeness (QED) is 0.437. The van der Waals surface area contributed by atoms with Gasteiger partial charge in [0.1, 0.15) is 22.8 Å². The first kappa shape index (κ1) is 26.9. The van der Waals surface area contributed by atoms with Crippen LogP contribution in [0, 0.1) is 6.92 Å². The van der Waals surface area contributed by atoms with Crippen molar-refractivity contribution in [2.24, 2.45) is 0 Å². The van der Waals surface area contributed by atoms with Gasteiger partial charge in [-0.05, 0) is 67.8 Å². The smallest absolute Gasteiger partial charge is 0.264 e. The van der Waals surface area contributed by atoms with E-state index in [0.717, 1.165) is 29.7 Å². The van der Waals surface area contributed by atoms with Crippen molar-refractivity contribution >= 4 is 21.6 Å². The van der Waals surface area contributed by atoms with Gasteiger partial charge < -0.3 is 19.5 Å². The van der Waals surface area contributed by atoms with Crippen LogP contribution in [0.5, 0.6) is 17.2 Å². The van der Waals surface area contributed by atoms with Crippen LogP contribution in [0.25, 0.3) is 0 Å². The van der Waals surface area contributed by atoms with Crippen LogP contribution in [-0.2, 0) is 14.8 Å². The van der Waals surface area contributed by atoms with Crippen LogP contribution in [-0.4, -0.2) is 39.7 Å². The number of hydrogen-bond donors (Lipinski definition) is 1. The molecule has 1 N–H and O–H groups in total. The molecule has 8 nitrogen and oxygen atoms in total. The van der Waals surface area contributed by atoms with E-state index in [4.69, 9.17) is 14.2 Å². The van der Waals surface area contributed by atoms with Crippen molar-refractivity contribution in [1.29, 1.82) is 0 Å². The second-order valence-electron chi connectivity index (χ2n) is 10.1. The Balaban J connectivity index is 1.46.